The predicted molar refractivity (Wildman–Crippen MR) is 68.2 cm³/mol. The summed E-state index contributed by atoms with van der Waals surface area (Å²) in [5.74, 6) is -0.210. The predicted octanol–water partition coefficient (Wildman–Crippen LogP) is 0.787. The van der Waals surface area contributed by atoms with Gasteiger partial charge in [-0.3, -0.25) is 14.5 Å². The SMILES string of the molecule is CNc1ccnc(C(=O)NCc2ccn(C)n2)c1. The maximum Gasteiger partial charge on any atom is 0.270 e. The van der Waals surface area contributed by atoms with Crippen molar-refractivity contribution in [1.29, 1.82) is 0 Å². The highest BCUT2D eigenvalue weighted by atomic mass is 16.1. The van der Waals surface area contributed by atoms with Gasteiger partial charge in [0, 0.05) is 32.2 Å². The monoisotopic (exact) mass is 245 g/mol. The fourth-order valence-corrected chi connectivity index (χ4v) is 1.53. The highest BCUT2D eigenvalue weighted by molar-refractivity contribution is 5.92. The van der Waals surface area contributed by atoms with Crippen molar-refractivity contribution < 1.29 is 4.79 Å². The lowest BCUT2D eigenvalue weighted by Gasteiger charge is -2.04. The second-order valence-electron chi connectivity index (χ2n) is 3.84. The van der Waals surface area contributed by atoms with Crippen LogP contribution >= 0.6 is 0 Å². The Kier molecular flexibility index (Phi) is 3.57. The lowest BCUT2D eigenvalue weighted by molar-refractivity contribution is 0.0945. The van der Waals surface area contributed by atoms with Crippen LogP contribution in [0.3, 0.4) is 0 Å². The Labute approximate surface area is 105 Å². The highest BCUT2D eigenvalue weighted by Gasteiger charge is 2.08. The molecule has 0 aromatic carbocycles. The molecule has 0 atom stereocenters. The van der Waals surface area contributed by atoms with Crippen LogP contribution in [0.25, 0.3) is 0 Å². The number of carbonyl (C=O) groups excluding carboxylic acids is 1. The van der Waals surface area contributed by atoms with Gasteiger partial charge in [0.2, 0.25) is 0 Å². The fourth-order valence-electron chi connectivity index (χ4n) is 1.53. The molecule has 2 aromatic rings. The summed E-state index contributed by atoms with van der Waals surface area (Å²) in [4.78, 5) is 15.9. The molecule has 94 valence electrons. The summed E-state index contributed by atoms with van der Waals surface area (Å²) in [6.45, 7) is 0.394. The number of nitrogens with one attached hydrogen (secondary N) is 2. The Hall–Kier alpha value is -2.37. The molecule has 2 heterocycles. The zero-order chi connectivity index (χ0) is 13.0. The molecule has 2 rings (SSSR count). The minimum Gasteiger partial charge on any atom is -0.388 e. The van der Waals surface area contributed by atoms with Crippen LogP contribution in [-0.4, -0.2) is 27.7 Å². The van der Waals surface area contributed by atoms with Crippen LogP contribution in [0.15, 0.2) is 30.6 Å². The van der Waals surface area contributed by atoms with Crippen molar-refractivity contribution in [3.8, 4) is 0 Å². The second kappa shape index (κ2) is 5.31. The third kappa shape index (κ3) is 2.85. The van der Waals surface area contributed by atoms with E-state index in [4.69, 9.17) is 0 Å². The largest absolute Gasteiger partial charge is 0.388 e. The molecule has 1 amide bonds. The van der Waals surface area contributed by atoms with Gasteiger partial charge in [-0.05, 0) is 18.2 Å². The molecule has 6 heteroatoms. The Bertz CT molecular complexity index is 549. The molecule has 0 unspecified atom stereocenters. The van der Waals surface area contributed by atoms with Gasteiger partial charge in [0.15, 0.2) is 0 Å². The van der Waals surface area contributed by atoms with E-state index in [1.807, 2.05) is 19.3 Å². The van der Waals surface area contributed by atoms with E-state index in [0.29, 0.717) is 12.2 Å². The van der Waals surface area contributed by atoms with E-state index in [1.54, 1.807) is 30.1 Å². The van der Waals surface area contributed by atoms with E-state index in [2.05, 4.69) is 20.7 Å². The van der Waals surface area contributed by atoms with Gasteiger partial charge in [-0.1, -0.05) is 0 Å². The van der Waals surface area contributed by atoms with Crippen molar-refractivity contribution in [2.75, 3.05) is 12.4 Å². The summed E-state index contributed by atoms with van der Waals surface area (Å²) in [5.41, 5.74) is 2.06. The van der Waals surface area contributed by atoms with E-state index in [-0.39, 0.29) is 5.91 Å². The minimum atomic E-state index is -0.210. The van der Waals surface area contributed by atoms with Crippen LogP contribution in [0.2, 0.25) is 0 Å². The number of hydrogen-bond donors (Lipinski definition) is 2. The topological polar surface area (TPSA) is 71.8 Å². The van der Waals surface area contributed by atoms with Gasteiger partial charge >= 0.3 is 0 Å². The molecule has 18 heavy (non-hydrogen) atoms. The van der Waals surface area contributed by atoms with Crippen molar-refractivity contribution in [3.63, 3.8) is 0 Å². The molecule has 0 spiro atoms. The fraction of sp³-hybridized carbons (Fsp3) is 0.250. The second-order valence-corrected chi connectivity index (χ2v) is 3.84. The Morgan fingerprint density at radius 1 is 1.44 bits per heavy atom. The van der Waals surface area contributed by atoms with Gasteiger partial charge in [0.05, 0.1) is 12.2 Å². The lowest BCUT2D eigenvalue weighted by Crippen LogP contribution is -2.24. The van der Waals surface area contributed by atoms with Crippen molar-refractivity contribution in [3.05, 3.63) is 42.0 Å². The van der Waals surface area contributed by atoms with Gasteiger partial charge in [-0.2, -0.15) is 5.10 Å². The minimum absolute atomic E-state index is 0.210. The van der Waals surface area contributed by atoms with E-state index < -0.39 is 0 Å². The van der Waals surface area contributed by atoms with Crippen LogP contribution in [0.4, 0.5) is 5.69 Å². The van der Waals surface area contributed by atoms with Gasteiger partial charge in [0.1, 0.15) is 5.69 Å². The number of aryl methyl sites for hydroxylation is 1. The first-order valence-corrected chi connectivity index (χ1v) is 5.59. The number of carbonyl (C=O) groups is 1. The molecule has 0 aliphatic rings. The van der Waals surface area contributed by atoms with E-state index in [0.717, 1.165) is 11.4 Å². The third-order valence-corrected chi connectivity index (χ3v) is 2.48. The third-order valence-electron chi connectivity index (χ3n) is 2.48. The average Bonchev–Trinajstić information content (AvgIpc) is 2.82. The molecule has 2 N–H and O–H groups in total. The number of nitrogens with zero attached hydrogens (tertiary/aromatic N) is 3. The Balaban J connectivity index is 1.99. The quantitative estimate of drug-likeness (QED) is 0.835. The number of rotatable bonds is 4. The zero-order valence-electron chi connectivity index (χ0n) is 10.3. The van der Waals surface area contributed by atoms with Crippen molar-refractivity contribution in [2.24, 2.45) is 7.05 Å². The number of aromatic nitrogens is 3. The first-order valence-electron chi connectivity index (χ1n) is 5.59. The van der Waals surface area contributed by atoms with Crippen LogP contribution < -0.4 is 10.6 Å². The molecular weight excluding hydrogens is 230 g/mol. The molecule has 2 aromatic heterocycles. The van der Waals surface area contributed by atoms with Crippen LogP contribution in [0.1, 0.15) is 16.2 Å². The van der Waals surface area contributed by atoms with Crippen LogP contribution in [-0.2, 0) is 13.6 Å². The Morgan fingerprint density at radius 2 is 2.28 bits per heavy atom. The van der Waals surface area contributed by atoms with E-state index in [1.165, 1.54) is 0 Å². The molecular formula is C12H15N5O. The van der Waals surface area contributed by atoms with E-state index in [9.17, 15) is 4.79 Å². The standard InChI is InChI=1S/C12H15N5O/c1-13-9-3-5-14-11(7-9)12(18)15-8-10-4-6-17(2)16-10/h3-7H,8H2,1-2H3,(H,13,14)(H,15,18). The first kappa shape index (κ1) is 12.1. The first-order chi connectivity index (χ1) is 8.69. The average molecular weight is 245 g/mol. The number of pyridine rings is 1. The van der Waals surface area contributed by atoms with Crippen molar-refractivity contribution in [2.45, 2.75) is 6.54 Å². The molecule has 0 aliphatic carbocycles. The summed E-state index contributed by atoms with van der Waals surface area (Å²) in [7, 11) is 3.63. The molecule has 6 nitrogen and oxygen atoms in total. The smallest absolute Gasteiger partial charge is 0.270 e. The van der Waals surface area contributed by atoms with Gasteiger partial charge in [0.25, 0.3) is 5.91 Å². The van der Waals surface area contributed by atoms with Gasteiger partial charge < -0.3 is 10.6 Å². The molecule has 0 aliphatic heterocycles. The van der Waals surface area contributed by atoms with Gasteiger partial charge in [-0.25, -0.2) is 0 Å². The zero-order valence-corrected chi connectivity index (χ0v) is 10.3. The number of hydrogen-bond acceptors (Lipinski definition) is 4. The molecule has 0 bridgehead atoms. The summed E-state index contributed by atoms with van der Waals surface area (Å²) < 4.78 is 1.70. The van der Waals surface area contributed by atoms with E-state index >= 15 is 0 Å². The number of anilines is 1. The number of amides is 1. The molecule has 0 radical (unpaired) electrons. The molecule has 0 saturated carbocycles. The summed E-state index contributed by atoms with van der Waals surface area (Å²) >= 11 is 0. The summed E-state index contributed by atoms with van der Waals surface area (Å²) in [5, 5.41) is 9.92. The summed E-state index contributed by atoms with van der Waals surface area (Å²) in [6.07, 6.45) is 3.43. The van der Waals surface area contributed by atoms with Crippen LogP contribution in [0, 0.1) is 0 Å². The van der Waals surface area contributed by atoms with Crippen molar-refractivity contribution >= 4 is 11.6 Å². The van der Waals surface area contributed by atoms with Gasteiger partial charge in [-0.15, -0.1) is 0 Å². The maximum absolute atomic E-state index is 11.9. The Morgan fingerprint density at radius 3 is 2.94 bits per heavy atom. The van der Waals surface area contributed by atoms with Crippen molar-refractivity contribution in [1.82, 2.24) is 20.1 Å². The molecule has 0 saturated heterocycles. The van der Waals surface area contributed by atoms with Crippen LogP contribution in [0.5, 0.6) is 0 Å². The normalized spacial score (nSPS) is 10.1. The maximum atomic E-state index is 11.9. The highest BCUT2D eigenvalue weighted by Crippen LogP contribution is 2.06. The summed E-state index contributed by atoms with van der Waals surface area (Å²) in [6, 6.07) is 5.36. The molecule has 0 fully saturated rings. The lowest BCUT2D eigenvalue weighted by atomic mass is 10.3.